The summed E-state index contributed by atoms with van der Waals surface area (Å²) >= 11 is 4.87. The molecule has 1 aliphatic heterocycles. The van der Waals surface area contributed by atoms with Gasteiger partial charge in [-0.05, 0) is 32.0 Å². The van der Waals surface area contributed by atoms with E-state index in [0.29, 0.717) is 11.5 Å². The van der Waals surface area contributed by atoms with Crippen molar-refractivity contribution in [3.63, 3.8) is 0 Å². The largest absolute Gasteiger partial charge is 0.462 e. The number of allylic oxidation sites excluding steroid dienone is 1. The smallest absolute Gasteiger partial charge is 0.346 e. The molecule has 0 radical (unpaired) electrons. The molecule has 1 aliphatic rings. The number of ether oxygens (including phenoxy) is 1. The molecule has 0 saturated heterocycles. The Bertz CT molecular complexity index is 499. The normalized spacial score (nSPS) is 14.1. The van der Waals surface area contributed by atoms with Crippen LogP contribution in [0.15, 0.2) is 38.2 Å². The quantitative estimate of drug-likeness (QED) is 0.844. The first-order valence-corrected chi connectivity index (χ1v) is 6.85. The molecule has 5 heteroatoms. The molecule has 0 atom stereocenters. The molecule has 0 unspecified atom stereocenters. The van der Waals surface area contributed by atoms with Crippen LogP contribution in [0, 0.1) is 0 Å². The lowest BCUT2D eigenvalue weighted by molar-refractivity contribution is -0.137. The van der Waals surface area contributed by atoms with E-state index in [4.69, 9.17) is 4.74 Å². The molecule has 0 bridgehead atoms. The monoisotopic (exact) mass is 313 g/mol. The maximum Gasteiger partial charge on any atom is 0.346 e. The predicted octanol–water partition coefficient (Wildman–Crippen LogP) is 3.76. The molecule has 1 aromatic carbocycles. The summed E-state index contributed by atoms with van der Waals surface area (Å²) in [6.07, 6.45) is 0. The molecule has 1 N–H and O–H groups in total. The fourth-order valence-electron chi connectivity index (χ4n) is 1.53. The molecule has 1 aromatic rings. The standard InChI is InChI=1S/C12H12BrNO2S/c1-3-16-12(15)11-7(2)14-9-6-8(13)4-5-10(9)17-11/h4-6,14H,3H2,1-2H3. The van der Waals surface area contributed by atoms with Crippen LogP contribution in [0.25, 0.3) is 0 Å². The highest BCUT2D eigenvalue weighted by atomic mass is 79.9. The van der Waals surface area contributed by atoms with Crippen molar-refractivity contribution < 1.29 is 9.53 Å². The minimum Gasteiger partial charge on any atom is -0.462 e. The number of halogens is 1. The second-order valence-corrected chi connectivity index (χ2v) is 5.51. The zero-order chi connectivity index (χ0) is 12.4. The van der Waals surface area contributed by atoms with Gasteiger partial charge in [0.1, 0.15) is 4.91 Å². The molecule has 0 spiro atoms. The lowest BCUT2D eigenvalue weighted by atomic mass is 10.3. The second kappa shape index (κ2) is 5.14. The Balaban J connectivity index is 2.29. The third-order valence-corrected chi connectivity index (χ3v) is 4.02. The van der Waals surface area contributed by atoms with Crippen LogP contribution in [0.4, 0.5) is 5.69 Å². The van der Waals surface area contributed by atoms with Crippen LogP contribution in [0.3, 0.4) is 0 Å². The average molecular weight is 314 g/mol. The summed E-state index contributed by atoms with van der Waals surface area (Å²) < 4.78 is 6.03. The third kappa shape index (κ3) is 2.66. The first kappa shape index (κ1) is 12.5. The number of esters is 1. The molecule has 0 fully saturated rings. The van der Waals surface area contributed by atoms with Gasteiger partial charge in [0.05, 0.1) is 12.3 Å². The molecule has 90 valence electrons. The van der Waals surface area contributed by atoms with E-state index in [2.05, 4.69) is 21.2 Å². The Labute approximate surface area is 113 Å². The molecule has 3 nitrogen and oxygen atoms in total. The van der Waals surface area contributed by atoms with Gasteiger partial charge in [0, 0.05) is 15.1 Å². The van der Waals surface area contributed by atoms with Crippen molar-refractivity contribution in [1.29, 1.82) is 0 Å². The predicted molar refractivity (Wildman–Crippen MR) is 73.0 cm³/mol. The number of benzene rings is 1. The maximum atomic E-state index is 11.7. The van der Waals surface area contributed by atoms with Gasteiger partial charge in [-0.2, -0.15) is 0 Å². The van der Waals surface area contributed by atoms with Crippen LogP contribution in [-0.4, -0.2) is 12.6 Å². The zero-order valence-electron chi connectivity index (χ0n) is 9.54. The Morgan fingerprint density at radius 2 is 2.29 bits per heavy atom. The molecular formula is C12H12BrNO2S. The Hall–Kier alpha value is -0.940. The second-order valence-electron chi connectivity index (χ2n) is 3.54. The fourth-order valence-corrected chi connectivity index (χ4v) is 2.81. The van der Waals surface area contributed by atoms with E-state index in [0.717, 1.165) is 20.8 Å². The summed E-state index contributed by atoms with van der Waals surface area (Å²) in [4.78, 5) is 13.4. The van der Waals surface area contributed by atoms with E-state index < -0.39 is 0 Å². The van der Waals surface area contributed by atoms with Gasteiger partial charge in [-0.15, -0.1) is 0 Å². The van der Waals surface area contributed by atoms with Gasteiger partial charge in [-0.3, -0.25) is 0 Å². The number of thioether (sulfide) groups is 1. The average Bonchev–Trinajstić information content (AvgIpc) is 2.28. The van der Waals surface area contributed by atoms with Gasteiger partial charge in [0.15, 0.2) is 0 Å². The topological polar surface area (TPSA) is 38.3 Å². The number of rotatable bonds is 2. The number of hydrogen-bond acceptors (Lipinski definition) is 4. The van der Waals surface area contributed by atoms with Crippen LogP contribution in [0.5, 0.6) is 0 Å². The maximum absolute atomic E-state index is 11.7. The van der Waals surface area contributed by atoms with E-state index in [1.807, 2.05) is 25.1 Å². The van der Waals surface area contributed by atoms with Gasteiger partial charge in [0.2, 0.25) is 0 Å². The summed E-state index contributed by atoms with van der Waals surface area (Å²) in [5.74, 6) is -0.268. The first-order chi connectivity index (χ1) is 8.11. The molecular weight excluding hydrogens is 302 g/mol. The number of carbonyl (C=O) groups excluding carboxylic acids is 1. The number of carbonyl (C=O) groups is 1. The van der Waals surface area contributed by atoms with E-state index in [1.165, 1.54) is 11.8 Å². The van der Waals surface area contributed by atoms with E-state index >= 15 is 0 Å². The van der Waals surface area contributed by atoms with Crippen LogP contribution < -0.4 is 5.32 Å². The van der Waals surface area contributed by atoms with Gasteiger partial charge in [-0.25, -0.2) is 4.79 Å². The zero-order valence-corrected chi connectivity index (χ0v) is 11.9. The van der Waals surface area contributed by atoms with Crippen molar-refractivity contribution in [2.45, 2.75) is 18.7 Å². The van der Waals surface area contributed by atoms with Gasteiger partial charge < -0.3 is 10.1 Å². The molecule has 0 saturated carbocycles. The molecule has 17 heavy (non-hydrogen) atoms. The van der Waals surface area contributed by atoms with Crippen molar-refractivity contribution in [1.82, 2.24) is 0 Å². The molecule has 1 heterocycles. The van der Waals surface area contributed by atoms with E-state index in [9.17, 15) is 4.79 Å². The van der Waals surface area contributed by atoms with E-state index in [1.54, 1.807) is 6.92 Å². The number of anilines is 1. The number of fused-ring (bicyclic) bond motifs is 1. The molecule has 0 amide bonds. The van der Waals surface area contributed by atoms with Crippen LogP contribution in [0.1, 0.15) is 13.8 Å². The Kier molecular flexibility index (Phi) is 3.79. The van der Waals surface area contributed by atoms with Gasteiger partial charge >= 0.3 is 5.97 Å². The van der Waals surface area contributed by atoms with Crippen LogP contribution in [0.2, 0.25) is 0 Å². The number of hydrogen-bond donors (Lipinski definition) is 1. The summed E-state index contributed by atoms with van der Waals surface area (Å²) in [7, 11) is 0. The lowest BCUT2D eigenvalue weighted by Gasteiger charge is -2.21. The lowest BCUT2D eigenvalue weighted by Crippen LogP contribution is -2.14. The van der Waals surface area contributed by atoms with Crippen molar-refractivity contribution in [2.24, 2.45) is 0 Å². The Morgan fingerprint density at radius 3 is 3.00 bits per heavy atom. The molecule has 2 rings (SSSR count). The minimum absolute atomic E-state index is 0.268. The summed E-state index contributed by atoms with van der Waals surface area (Å²) in [6.45, 7) is 4.08. The Morgan fingerprint density at radius 1 is 1.53 bits per heavy atom. The fraction of sp³-hybridized carbons (Fsp3) is 0.250. The summed E-state index contributed by atoms with van der Waals surface area (Å²) in [6, 6.07) is 5.92. The third-order valence-electron chi connectivity index (χ3n) is 2.28. The van der Waals surface area contributed by atoms with E-state index in [-0.39, 0.29) is 5.97 Å². The highest BCUT2D eigenvalue weighted by Gasteiger charge is 2.22. The molecule has 0 aromatic heterocycles. The van der Waals surface area contributed by atoms with Crippen LogP contribution in [-0.2, 0) is 9.53 Å². The minimum atomic E-state index is -0.268. The highest BCUT2D eigenvalue weighted by Crippen LogP contribution is 2.41. The SMILES string of the molecule is CCOC(=O)C1=C(C)Nc2cc(Br)ccc2S1. The number of nitrogens with one attached hydrogen (secondary N) is 1. The summed E-state index contributed by atoms with van der Waals surface area (Å²) in [5.41, 5.74) is 1.84. The van der Waals surface area contributed by atoms with Crippen LogP contribution >= 0.6 is 27.7 Å². The highest BCUT2D eigenvalue weighted by molar-refractivity contribution is 9.10. The first-order valence-electron chi connectivity index (χ1n) is 5.24. The van der Waals surface area contributed by atoms with Crippen molar-refractivity contribution in [3.05, 3.63) is 33.3 Å². The summed E-state index contributed by atoms with van der Waals surface area (Å²) in [5, 5.41) is 3.22. The van der Waals surface area contributed by atoms with Crippen molar-refractivity contribution in [2.75, 3.05) is 11.9 Å². The van der Waals surface area contributed by atoms with Crippen molar-refractivity contribution >= 4 is 39.3 Å². The van der Waals surface area contributed by atoms with Gasteiger partial charge in [0.25, 0.3) is 0 Å². The molecule has 0 aliphatic carbocycles. The van der Waals surface area contributed by atoms with Crippen molar-refractivity contribution in [3.8, 4) is 0 Å². The van der Waals surface area contributed by atoms with Gasteiger partial charge in [-0.1, -0.05) is 27.7 Å².